The van der Waals surface area contributed by atoms with Crippen molar-refractivity contribution in [2.75, 3.05) is 33.6 Å². The number of likely N-dealkylation sites (tertiary alicyclic amines) is 1. The van der Waals surface area contributed by atoms with Crippen molar-refractivity contribution in [1.82, 2.24) is 9.80 Å². The molecule has 37 heavy (non-hydrogen) atoms. The first kappa shape index (κ1) is 28.8. The topological polar surface area (TPSA) is 113 Å². The number of benzene rings is 1. The van der Waals surface area contributed by atoms with E-state index in [-0.39, 0.29) is 17.9 Å². The van der Waals surface area contributed by atoms with Gasteiger partial charge in [0.15, 0.2) is 0 Å². The fraction of sp³-hybridized carbons (Fsp3) is 0.583. The fourth-order valence-corrected chi connectivity index (χ4v) is 6.42. The maximum Gasteiger partial charge on any atom is 0.490 e. The highest BCUT2D eigenvalue weighted by Gasteiger charge is 2.73. The smallest absolute Gasteiger partial charge is 0.490 e. The fourth-order valence-electron chi connectivity index (χ4n) is 5.54. The molecule has 0 spiro atoms. The van der Waals surface area contributed by atoms with Gasteiger partial charge in [-0.05, 0) is 49.3 Å². The van der Waals surface area contributed by atoms with Crippen LogP contribution in [0.3, 0.4) is 0 Å². The predicted octanol–water partition coefficient (Wildman–Crippen LogP) is 3.12. The number of thioether (sulfide) groups is 1. The molecule has 3 saturated heterocycles. The van der Waals surface area contributed by atoms with Crippen LogP contribution in [0, 0.1) is 11.8 Å². The minimum Gasteiger partial charge on any atom is -0.496 e. The Bertz CT molecular complexity index is 1080. The van der Waals surface area contributed by atoms with Crippen LogP contribution >= 0.6 is 11.8 Å². The lowest BCUT2D eigenvalue weighted by Gasteiger charge is -2.35. The van der Waals surface area contributed by atoms with Crippen molar-refractivity contribution in [3.63, 3.8) is 0 Å². The maximum absolute atomic E-state index is 13.1. The van der Waals surface area contributed by atoms with E-state index in [9.17, 15) is 27.6 Å². The zero-order valence-electron chi connectivity index (χ0n) is 20.8. The summed E-state index contributed by atoms with van der Waals surface area (Å²) in [6.07, 6.45) is -2.73. The average Bonchev–Trinajstić information content (AvgIpc) is 3.47. The van der Waals surface area contributed by atoms with Crippen LogP contribution in [0.4, 0.5) is 13.2 Å². The summed E-state index contributed by atoms with van der Waals surface area (Å²) in [6.45, 7) is 2.77. The molecule has 0 aromatic heterocycles. The number of carboxylic acid groups (broad SMARTS) is 1. The van der Waals surface area contributed by atoms with Gasteiger partial charge in [-0.3, -0.25) is 24.2 Å². The number of esters is 1. The van der Waals surface area contributed by atoms with Crippen LogP contribution in [0.15, 0.2) is 23.1 Å². The van der Waals surface area contributed by atoms with Crippen LogP contribution in [0.1, 0.15) is 37.8 Å². The van der Waals surface area contributed by atoms with Crippen LogP contribution in [-0.2, 0) is 23.9 Å². The Labute approximate surface area is 216 Å². The van der Waals surface area contributed by atoms with Gasteiger partial charge in [0.1, 0.15) is 11.3 Å². The molecule has 1 N–H and O–H groups in total. The van der Waals surface area contributed by atoms with Crippen molar-refractivity contribution in [3.8, 4) is 5.75 Å². The predicted molar refractivity (Wildman–Crippen MR) is 126 cm³/mol. The molecule has 4 rings (SSSR count). The Balaban J connectivity index is 0.000000479. The lowest BCUT2D eigenvalue weighted by atomic mass is 9.77. The number of aliphatic carboxylic acids is 1. The van der Waals surface area contributed by atoms with E-state index in [0.717, 1.165) is 34.8 Å². The van der Waals surface area contributed by atoms with Gasteiger partial charge in [0, 0.05) is 18.0 Å². The zero-order chi connectivity index (χ0) is 27.7. The molecule has 3 aliphatic rings. The van der Waals surface area contributed by atoms with Crippen molar-refractivity contribution in [3.05, 3.63) is 23.8 Å². The van der Waals surface area contributed by atoms with Gasteiger partial charge in [0.25, 0.3) is 0 Å². The van der Waals surface area contributed by atoms with Crippen molar-refractivity contribution in [2.24, 2.45) is 11.8 Å². The van der Waals surface area contributed by atoms with Gasteiger partial charge in [-0.25, -0.2) is 4.79 Å². The Morgan fingerprint density at radius 2 is 1.86 bits per heavy atom. The minimum absolute atomic E-state index is 0.226. The van der Waals surface area contributed by atoms with Crippen LogP contribution in [0.25, 0.3) is 0 Å². The highest BCUT2D eigenvalue weighted by atomic mass is 32.2. The van der Waals surface area contributed by atoms with E-state index < -0.39 is 35.5 Å². The molecular weight excluding hydrogens is 517 g/mol. The van der Waals surface area contributed by atoms with Crippen molar-refractivity contribution in [2.45, 2.75) is 48.8 Å². The van der Waals surface area contributed by atoms with E-state index in [4.69, 9.17) is 19.4 Å². The molecule has 0 bridgehead atoms. The number of imide groups is 1. The van der Waals surface area contributed by atoms with E-state index in [1.54, 1.807) is 18.9 Å². The first-order chi connectivity index (χ1) is 17.4. The van der Waals surface area contributed by atoms with Gasteiger partial charge in [-0.1, -0.05) is 13.0 Å². The largest absolute Gasteiger partial charge is 0.496 e. The number of carboxylic acids is 1. The Morgan fingerprint density at radius 1 is 1.22 bits per heavy atom. The zero-order valence-corrected chi connectivity index (χ0v) is 21.6. The van der Waals surface area contributed by atoms with E-state index >= 15 is 0 Å². The number of amides is 2. The highest BCUT2D eigenvalue weighted by molar-refractivity contribution is 7.99. The van der Waals surface area contributed by atoms with Crippen LogP contribution in [0.5, 0.6) is 5.75 Å². The number of nitrogens with zero attached hydrogens (tertiary/aromatic N) is 2. The van der Waals surface area contributed by atoms with Gasteiger partial charge in [0.2, 0.25) is 11.8 Å². The molecule has 1 aromatic rings. The number of methoxy groups -OCH3 is 2. The van der Waals surface area contributed by atoms with Crippen LogP contribution in [-0.4, -0.2) is 83.9 Å². The Morgan fingerprint density at radius 3 is 2.41 bits per heavy atom. The van der Waals surface area contributed by atoms with Gasteiger partial charge in [0.05, 0.1) is 26.1 Å². The first-order valence-electron chi connectivity index (χ1n) is 11.6. The summed E-state index contributed by atoms with van der Waals surface area (Å²) in [7, 11) is 4.50. The quantitative estimate of drug-likeness (QED) is 0.327. The molecule has 1 aromatic carbocycles. The van der Waals surface area contributed by atoms with Gasteiger partial charge in [-0.15, -0.1) is 11.8 Å². The maximum atomic E-state index is 13.1. The number of hydrogen-bond acceptors (Lipinski definition) is 8. The molecule has 0 aliphatic carbocycles. The van der Waals surface area contributed by atoms with E-state index in [1.165, 1.54) is 19.1 Å². The summed E-state index contributed by atoms with van der Waals surface area (Å²) in [5.41, 5.74) is -0.184. The second-order valence-electron chi connectivity index (χ2n) is 8.96. The summed E-state index contributed by atoms with van der Waals surface area (Å²) in [6, 6.07) is 5.62. The second kappa shape index (κ2) is 10.9. The first-order valence-corrected chi connectivity index (χ1v) is 12.6. The van der Waals surface area contributed by atoms with Crippen molar-refractivity contribution in [1.29, 1.82) is 0 Å². The highest BCUT2D eigenvalue weighted by Crippen LogP contribution is 2.59. The number of carbonyl (C=O) groups excluding carboxylic acids is 3. The molecular formula is C24H29F3N2O7S. The third kappa shape index (κ3) is 4.90. The number of carbonyl (C=O) groups is 4. The Hall–Kier alpha value is -2.80. The number of ether oxygens (including phenoxy) is 2. The molecule has 204 valence electrons. The SMILES string of the molecule is CCCSc1ccc([C@@H]2[C@H]3C(=O)N(C)C(=O)[C@H]3[C@]3(C(=O)OC)CCCN23)cc1OC.O=C(O)C(F)(F)F. The Kier molecular flexibility index (Phi) is 8.47. The molecule has 3 heterocycles. The van der Waals surface area contributed by atoms with Crippen molar-refractivity contribution >= 4 is 35.5 Å². The monoisotopic (exact) mass is 546 g/mol. The lowest BCUT2D eigenvalue weighted by molar-refractivity contribution is -0.192. The average molecular weight is 547 g/mol. The minimum atomic E-state index is -5.08. The number of alkyl halides is 3. The number of hydrogen-bond donors (Lipinski definition) is 1. The molecule has 2 amide bonds. The second-order valence-corrected chi connectivity index (χ2v) is 10.1. The molecule has 13 heteroatoms. The van der Waals surface area contributed by atoms with E-state index in [0.29, 0.717) is 13.0 Å². The number of halogens is 3. The third-order valence-electron chi connectivity index (χ3n) is 7.00. The van der Waals surface area contributed by atoms with E-state index in [1.807, 2.05) is 23.1 Å². The molecule has 0 unspecified atom stereocenters. The standard InChI is InChI=1S/C22H28N2O5S.C2HF3O2/c1-5-11-30-15-8-7-13(12-14(15)28-3)18-16-17(20(26)23(2)19(16)25)22(21(27)29-4)9-6-10-24(18)22;3-2(4,5)1(6)7/h7-8,12,16-18H,5-6,9-11H2,1-4H3;(H,6,7)/t16-,17-,18+,22-;/m0./s1. The summed E-state index contributed by atoms with van der Waals surface area (Å²) < 4.78 is 42.5. The number of fused-ring (bicyclic) bond motifs is 3. The van der Waals surface area contributed by atoms with Gasteiger partial charge >= 0.3 is 18.1 Å². The number of rotatable bonds is 6. The third-order valence-corrected chi connectivity index (χ3v) is 8.26. The van der Waals surface area contributed by atoms with Gasteiger partial charge in [-0.2, -0.15) is 13.2 Å². The molecule has 0 saturated carbocycles. The molecule has 9 nitrogen and oxygen atoms in total. The van der Waals surface area contributed by atoms with Crippen molar-refractivity contribution < 1.29 is 46.9 Å². The molecule has 3 fully saturated rings. The lowest BCUT2D eigenvalue weighted by Crippen LogP contribution is -2.54. The van der Waals surface area contributed by atoms with E-state index in [2.05, 4.69) is 6.92 Å². The summed E-state index contributed by atoms with van der Waals surface area (Å²) >= 11 is 1.73. The molecule has 0 radical (unpaired) electrons. The van der Waals surface area contributed by atoms with Crippen LogP contribution < -0.4 is 4.74 Å². The van der Waals surface area contributed by atoms with Crippen LogP contribution in [0.2, 0.25) is 0 Å². The summed E-state index contributed by atoms with van der Waals surface area (Å²) in [4.78, 5) is 52.4. The van der Waals surface area contributed by atoms with Gasteiger partial charge < -0.3 is 14.6 Å². The summed E-state index contributed by atoms with van der Waals surface area (Å²) in [5.74, 6) is -3.26. The molecule has 3 aliphatic heterocycles. The molecule has 4 atom stereocenters. The normalized spacial score (nSPS) is 26.9. The summed E-state index contributed by atoms with van der Waals surface area (Å²) in [5, 5.41) is 7.12.